The van der Waals surface area contributed by atoms with E-state index < -0.39 is 0 Å². The number of carbonyl (C=O) groups excluding carboxylic acids is 2. The number of aromatic nitrogens is 3. The quantitative estimate of drug-likeness (QED) is 0.647. The van der Waals surface area contributed by atoms with Gasteiger partial charge < -0.3 is 19.1 Å². The van der Waals surface area contributed by atoms with Crippen molar-refractivity contribution in [3.05, 3.63) is 24.2 Å². The van der Waals surface area contributed by atoms with Gasteiger partial charge in [0.15, 0.2) is 10.9 Å². The van der Waals surface area contributed by atoms with Gasteiger partial charge in [-0.15, -0.1) is 10.2 Å². The predicted octanol–water partition coefficient (Wildman–Crippen LogP) is 1.88. The maximum absolute atomic E-state index is 12.8. The molecule has 0 spiro atoms. The van der Waals surface area contributed by atoms with Crippen molar-refractivity contribution >= 4 is 29.5 Å². The second kappa shape index (κ2) is 8.33. The Hall–Kier alpha value is -2.49. The number of furan rings is 1. The van der Waals surface area contributed by atoms with E-state index in [0.29, 0.717) is 43.7 Å². The number of thioether (sulfide) groups is 1. The molecule has 0 unspecified atom stereocenters. The molecule has 1 saturated carbocycles. The molecule has 0 radical (unpaired) electrons. The summed E-state index contributed by atoms with van der Waals surface area (Å²) in [5.41, 5.74) is 0. The average Bonchev–Trinajstić information content (AvgIpc) is 3.22. The average molecular weight is 431 g/mol. The van der Waals surface area contributed by atoms with Gasteiger partial charge in [-0.3, -0.25) is 14.2 Å². The maximum Gasteiger partial charge on any atom is 0.289 e. The van der Waals surface area contributed by atoms with Crippen LogP contribution in [0.15, 0.2) is 28.0 Å². The molecule has 9 nitrogen and oxygen atoms in total. The number of hydrogen-bond donors (Lipinski definition) is 0. The molecular formula is C20H26N6O3S. The Labute approximate surface area is 179 Å². The first-order valence-electron chi connectivity index (χ1n) is 10.6. The lowest BCUT2D eigenvalue weighted by Gasteiger charge is -2.34. The first kappa shape index (κ1) is 19.5. The largest absolute Gasteiger partial charge is 0.459 e. The third-order valence-electron chi connectivity index (χ3n) is 5.92. The van der Waals surface area contributed by atoms with Crippen LogP contribution in [0.25, 0.3) is 0 Å². The summed E-state index contributed by atoms with van der Waals surface area (Å²) in [5, 5.41) is 9.69. The molecule has 4 heterocycles. The minimum atomic E-state index is -0.117. The van der Waals surface area contributed by atoms with Crippen molar-refractivity contribution < 1.29 is 14.0 Å². The van der Waals surface area contributed by atoms with Crippen LogP contribution in [0.3, 0.4) is 0 Å². The first-order valence-corrected chi connectivity index (χ1v) is 11.6. The number of hydrogen-bond acceptors (Lipinski definition) is 7. The monoisotopic (exact) mass is 430 g/mol. The zero-order valence-corrected chi connectivity index (χ0v) is 17.7. The minimum absolute atomic E-state index is 0.0816. The highest BCUT2D eigenvalue weighted by Gasteiger charge is 2.33. The molecule has 0 N–H and O–H groups in total. The van der Waals surface area contributed by atoms with Gasteiger partial charge >= 0.3 is 0 Å². The Balaban J connectivity index is 1.16. The van der Waals surface area contributed by atoms with E-state index in [1.165, 1.54) is 30.9 Å². The molecule has 2 aliphatic heterocycles. The van der Waals surface area contributed by atoms with Crippen LogP contribution in [0.5, 0.6) is 0 Å². The lowest BCUT2D eigenvalue weighted by molar-refractivity contribution is -0.129. The number of carbonyl (C=O) groups is 2. The van der Waals surface area contributed by atoms with E-state index in [-0.39, 0.29) is 11.8 Å². The molecule has 2 aromatic heterocycles. The van der Waals surface area contributed by atoms with E-state index in [1.54, 1.807) is 17.0 Å². The molecule has 2 aromatic rings. The molecular weight excluding hydrogens is 404 g/mol. The number of piperazine rings is 1. The number of amides is 2. The molecule has 2 amide bonds. The topological polar surface area (TPSA) is 87.7 Å². The lowest BCUT2D eigenvalue weighted by Crippen LogP contribution is -2.51. The molecule has 3 aliphatic rings. The van der Waals surface area contributed by atoms with Crippen LogP contribution in [0.1, 0.15) is 42.3 Å². The van der Waals surface area contributed by atoms with Crippen LogP contribution >= 0.6 is 11.8 Å². The summed E-state index contributed by atoms with van der Waals surface area (Å²) in [4.78, 5) is 31.0. The van der Waals surface area contributed by atoms with Gasteiger partial charge in [0.25, 0.3) is 5.91 Å². The molecule has 0 bridgehead atoms. The van der Waals surface area contributed by atoms with Crippen LogP contribution in [0, 0.1) is 0 Å². The maximum atomic E-state index is 12.8. The van der Waals surface area contributed by atoms with Gasteiger partial charge in [-0.25, -0.2) is 0 Å². The predicted molar refractivity (Wildman–Crippen MR) is 112 cm³/mol. The third kappa shape index (κ3) is 3.92. The SMILES string of the molecule is O=C(CSc1nnc(N2CCCC2)n1C1CC1)N1CCN(C(=O)c2ccco2)CC1. The Morgan fingerprint density at radius 1 is 1.03 bits per heavy atom. The molecule has 160 valence electrons. The second-order valence-corrected chi connectivity index (χ2v) is 8.96. The number of anilines is 1. The normalized spacial score (nSPS) is 19.5. The molecule has 10 heteroatoms. The van der Waals surface area contributed by atoms with E-state index in [1.807, 2.05) is 4.90 Å². The zero-order valence-electron chi connectivity index (χ0n) is 16.9. The van der Waals surface area contributed by atoms with Crippen molar-refractivity contribution in [2.75, 3.05) is 49.9 Å². The smallest absolute Gasteiger partial charge is 0.289 e. The highest BCUT2D eigenvalue weighted by molar-refractivity contribution is 7.99. The van der Waals surface area contributed by atoms with Crippen molar-refractivity contribution in [2.24, 2.45) is 0 Å². The van der Waals surface area contributed by atoms with Gasteiger partial charge in [0.2, 0.25) is 11.9 Å². The van der Waals surface area contributed by atoms with Gasteiger partial charge in [-0.05, 0) is 37.8 Å². The van der Waals surface area contributed by atoms with Crippen molar-refractivity contribution in [3.8, 4) is 0 Å². The Kier molecular flexibility index (Phi) is 5.41. The third-order valence-corrected chi connectivity index (χ3v) is 6.85. The molecule has 1 aliphatic carbocycles. The summed E-state index contributed by atoms with van der Waals surface area (Å²) < 4.78 is 7.43. The van der Waals surface area contributed by atoms with Gasteiger partial charge in [0.05, 0.1) is 12.0 Å². The van der Waals surface area contributed by atoms with Gasteiger partial charge in [-0.2, -0.15) is 0 Å². The summed E-state index contributed by atoms with van der Waals surface area (Å²) in [5.74, 6) is 1.62. The summed E-state index contributed by atoms with van der Waals surface area (Å²) >= 11 is 1.48. The number of nitrogens with zero attached hydrogens (tertiary/aromatic N) is 6. The minimum Gasteiger partial charge on any atom is -0.459 e. The van der Waals surface area contributed by atoms with Crippen molar-refractivity contribution in [1.29, 1.82) is 0 Å². The molecule has 0 atom stereocenters. The number of rotatable bonds is 6. The van der Waals surface area contributed by atoms with Gasteiger partial charge in [0.1, 0.15) is 0 Å². The summed E-state index contributed by atoms with van der Waals surface area (Å²) in [6.07, 6.45) is 6.22. The van der Waals surface area contributed by atoms with Crippen LogP contribution in [-0.2, 0) is 4.79 Å². The fraction of sp³-hybridized carbons (Fsp3) is 0.600. The highest BCUT2D eigenvalue weighted by Crippen LogP contribution is 2.41. The van der Waals surface area contributed by atoms with Crippen molar-refractivity contribution in [1.82, 2.24) is 24.6 Å². The summed E-state index contributed by atoms with van der Waals surface area (Å²) in [7, 11) is 0. The molecule has 30 heavy (non-hydrogen) atoms. The van der Waals surface area contributed by atoms with Crippen molar-refractivity contribution in [2.45, 2.75) is 36.9 Å². The Morgan fingerprint density at radius 3 is 2.43 bits per heavy atom. The summed E-state index contributed by atoms with van der Waals surface area (Å²) in [6, 6.07) is 3.85. The Morgan fingerprint density at radius 2 is 1.77 bits per heavy atom. The second-order valence-electron chi connectivity index (χ2n) is 8.02. The fourth-order valence-corrected chi connectivity index (χ4v) is 4.99. The molecule has 2 saturated heterocycles. The van der Waals surface area contributed by atoms with Crippen LogP contribution in [-0.4, -0.2) is 81.4 Å². The van der Waals surface area contributed by atoms with E-state index >= 15 is 0 Å². The van der Waals surface area contributed by atoms with E-state index in [2.05, 4.69) is 19.7 Å². The standard InChI is InChI=1S/C20H26N6O3S/c27-17(23-9-11-24(12-10-23)18(28)16-4-3-13-29-16)14-30-20-22-21-19(25-7-1-2-8-25)26(20)15-5-6-15/h3-4,13,15H,1-2,5-12,14H2. The van der Waals surface area contributed by atoms with E-state index in [0.717, 1.165) is 37.0 Å². The van der Waals surface area contributed by atoms with Crippen LogP contribution in [0.4, 0.5) is 5.95 Å². The fourth-order valence-electron chi connectivity index (χ4n) is 4.09. The van der Waals surface area contributed by atoms with Gasteiger partial charge in [-0.1, -0.05) is 11.8 Å². The molecule has 3 fully saturated rings. The van der Waals surface area contributed by atoms with Gasteiger partial charge in [0, 0.05) is 45.3 Å². The van der Waals surface area contributed by atoms with E-state index in [9.17, 15) is 9.59 Å². The van der Waals surface area contributed by atoms with Crippen molar-refractivity contribution in [3.63, 3.8) is 0 Å². The highest BCUT2D eigenvalue weighted by atomic mass is 32.2. The molecule has 0 aromatic carbocycles. The summed E-state index contributed by atoms with van der Waals surface area (Å²) in [6.45, 7) is 4.20. The van der Waals surface area contributed by atoms with Crippen LogP contribution < -0.4 is 4.90 Å². The van der Waals surface area contributed by atoms with Crippen LogP contribution in [0.2, 0.25) is 0 Å². The molecule has 5 rings (SSSR count). The Bertz CT molecular complexity index is 896. The zero-order chi connectivity index (χ0) is 20.5. The lowest BCUT2D eigenvalue weighted by atomic mass is 10.3. The first-order chi connectivity index (χ1) is 14.7. The van der Waals surface area contributed by atoms with E-state index in [4.69, 9.17) is 4.42 Å².